The normalized spacial score (nSPS) is 17.8. The topological polar surface area (TPSA) is 35.6 Å². The smallest absolute Gasteiger partial charge is 0.224 e. The van der Waals surface area contributed by atoms with Gasteiger partial charge in [0.2, 0.25) is 5.91 Å². The minimum Gasteiger partial charge on any atom is -0.346 e. The maximum Gasteiger partial charge on any atom is 0.224 e. The van der Waals surface area contributed by atoms with Crippen molar-refractivity contribution in [3.8, 4) is 0 Å². The molecular weight excluding hydrogens is 238 g/mol. The number of nitrogens with one attached hydrogen (secondary N) is 1. The quantitative estimate of drug-likeness (QED) is 0.795. The summed E-state index contributed by atoms with van der Waals surface area (Å²) in [5, 5.41) is 3.36. The number of hydrogen-bond acceptors (Lipinski definition) is 3. The third kappa shape index (κ3) is 5.49. The van der Waals surface area contributed by atoms with Crippen molar-refractivity contribution in [2.45, 2.75) is 46.1 Å². The van der Waals surface area contributed by atoms with Crippen LogP contribution in [0.2, 0.25) is 0 Å². The number of rotatable bonds is 6. The van der Waals surface area contributed by atoms with Gasteiger partial charge in [-0.25, -0.2) is 0 Å². The standard InChI is InChI=1S/C15H31N3O/c1-13(2)6-9-17(5)14(19)12-15(3,4)18-10-7-16-8-11-18/h13,16H,6-12H2,1-5H3. The van der Waals surface area contributed by atoms with Crippen molar-refractivity contribution in [2.75, 3.05) is 39.8 Å². The Hall–Kier alpha value is -0.610. The van der Waals surface area contributed by atoms with Gasteiger partial charge >= 0.3 is 0 Å². The van der Waals surface area contributed by atoms with Crippen molar-refractivity contribution in [1.29, 1.82) is 0 Å². The second-order valence-corrected chi connectivity index (χ2v) is 6.72. The van der Waals surface area contributed by atoms with E-state index in [2.05, 4.69) is 37.9 Å². The lowest BCUT2D eigenvalue weighted by atomic mass is 9.96. The summed E-state index contributed by atoms with van der Waals surface area (Å²) < 4.78 is 0. The average Bonchev–Trinajstić information content (AvgIpc) is 2.36. The third-order valence-electron chi connectivity index (χ3n) is 4.02. The lowest BCUT2D eigenvalue weighted by Gasteiger charge is -2.41. The van der Waals surface area contributed by atoms with E-state index in [1.165, 1.54) is 0 Å². The first kappa shape index (κ1) is 16.4. The second kappa shape index (κ2) is 7.25. The first-order chi connectivity index (χ1) is 8.83. The fourth-order valence-corrected chi connectivity index (χ4v) is 2.46. The molecule has 0 aliphatic carbocycles. The molecular formula is C15H31N3O. The summed E-state index contributed by atoms with van der Waals surface area (Å²) in [6, 6.07) is 0. The van der Waals surface area contributed by atoms with Crippen LogP contribution in [0, 0.1) is 5.92 Å². The molecule has 1 N–H and O–H groups in total. The van der Waals surface area contributed by atoms with E-state index in [-0.39, 0.29) is 11.4 Å². The highest BCUT2D eigenvalue weighted by molar-refractivity contribution is 5.77. The molecule has 112 valence electrons. The van der Waals surface area contributed by atoms with Crippen molar-refractivity contribution in [1.82, 2.24) is 15.1 Å². The van der Waals surface area contributed by atoms with Gasteiger partial charge in [-0.3, -0.25) is 9.69 Å². The molecule has 1 aliphatic rings. The largest absolute Gasteiger partial charge is 0.346 e. The van der Waals surface area contributed by atoms with Gasteiger partial charge in [0.05, 0.1) is 0 Å². The molecule has 0 unspecified atom stereocenters. The van der Waals surface area contributed by atoms with Crippen molar-refractivity contribution in [2.24, 2.45) is 5.92 Å². The predicted molar refractivity (Wildman–Crippen MR) is 80.2 cm³/mol. The Morgan fingerprint density at radius 1 is 1.32 bits per heavy atom. The summed E-state index contributed by atoms with van der Waals surface area (Å²) in [6.07, 6.45) is 1.69. The summed E-state index contributed by atoms with van der Waals surface area (Å²) in [6.45, 7) is 13.8. The molecule has 19 heavy (non-hydrogen) atoms. The number of carbonyl (C=O) groups is 1. The minimum absolute atomic E-state index is 0.0364. The molecule has 0 bridgehead atoms. The van der Waals surface area contributed by atoms with Crippen LogP contribution in [0.25, 0.3) is 0 Å². The third-order valence-corrected chi connectivity index (χ3v) is 4.02. The molecule has 0 aromatic carbocycles. The maximum atomic E-state index is 12.3. The van der Waals surface area contributed by atoms with E-state index in [9.17, 15) is 4.79 Å². The zero-order valence-electron chi connectivity index (χ0n) is 13.3. The van der Waals surface area contributed by atoms with E-state index in [0.717, 1.165) is 39.1 Å². The molecule has 0 aromatic rings. The van der Waals surface area contributed by atoms with Crippen molar-refractivity contribution in [3.05, 3.63) is 0 Å². The minimum atomic E-state index is -0.0364. The van der Waals surface area contributed by atoms with Gasteiger partial charge in [-0.1, -0.05) is 13.8 Å². The number of amides is 1. The van der Waals surface area contributed by atoms with Crippen molar-refractivity contribution in [3.63, 3.8) is 0 Å². The van der Waals surface area contributed by atoms with Gasteiger partial charge in [0.25, 0.3) is 0 Å². The van der Waals surface area contributed by atoms with E-state index in [1.807, 2.05) is 11.9 Å². The van der Waals surface area contributed by atoms with Crippen LogP contribution < -0.4 is 5.32 Å². The van der Waals surface area contributed by atoms with Crippen molar-refractivity contribution < 1.29 is 4.79 Å². The van der Waals surface area contributed by atoms with Gasteiger partial charge in [-0.2, -0.15) is 0 Å². The van der Waals surface area contributed by atoms with E-state index in [0.29, 0.717) is 12.3 Å². The van der Waals surface area contributed by atoms with Crippen molar-refractivity contribution >= 4 is 5.91 Å². The summed E-state index contributed by atoms with van der Waals surface area (Å²) in [5.41, 5.74) is -0.0364. The van der Waals surface area contributed by atoms with Gasteiger partial charge in [-0.15, -0.1) is 0 Å². The van der Waals surface area contributed by atoms with Crippen LogP contribution in [0.5, 0.6) is 0 Å². The van der Waals surface area contributed by atoms with Gasteiger partial charge < -0.3 is 10.2 Å². The second-order valence-electron chi connectivity index (χ2n) is 6.72. The van der Waals surface area contributed by atoms with Gasteiger partial charge in [0, 0.05) is 51.7 Å². The highest BCUT2D eigenvalue weighted by atomic mass is 16.2. The molecule has 1 heterocycles. The van der Waals surface area contributed by atoms with Gasteiger partial charge in [0.15, 0.2) is 0 Å². The lowest BCUT2D eigenvalue weighted by Crippen LogP contribution is -2.54. The molecule has 0 saturated carbocycles. The molecule has 1 aliphatic heterocycles. The lowest BCUT2D eigenvalue weighted by molar-refractivity contribution is -0.132. The fraction of sp³-hybridized carbons (Fsp3) is 0.933. The Morgan fingerprint density at radius 3 is 2.42 bits per heavy atom. The Balaban J connectivity index is 2.44. The zero-order chi connectivity index (χ0) is 14.5. The average molecular weight is 269 g/mol. The number of piperazine rings is 1. The maximum absolute atomic E-state index is 12.3. The zero-order valence-corrected chi connectivity index (χ0v) is 13.3. The van der Waals surface area contributed by atoms with Gasteiger partial charge in [0.1, 0.15) is 0 Å². The highest BCUT2D eigenvalue weighted by Gasteiger charge is 2.31. The highest BCUT2D eigenvalue weighted by Crippen LogP contribution is 2.20. The summed E-state index contributed by atoms with van der Waals surface area (Å²) in [5.74, 6) is 0.917. The fourth-order valence-electron chi connectivity index (χ4n) is 2.46. The number of nitrogens with zero attached hydrogens (tertiary/aromatic N) is 2. The summed E-state index contributed by atoms with van der Waals surface area (Å²) in [4.78, 5) is 16.6. The Kier molecular flexibility index (Phi) is 6.27. The summed E-state index contributed by atoms with van der Waals surface area (Å²) >= 11 is 0. The van der Waals surface area contributed by atoms with E-state index >= 15 is 0 Å². The van der Waals surface area contributed by atoms with Crippen LogP contribution >= 0.6 is 0 Å². The molecule has 1 fully saturated rings. The Morgan fingerprint density at radius 2 is 1.89 bits per heavy atom. The van der Waals surface area contributed by atoms with Crippen LogP contribution in [0.3, 0.4) is 0 Å². The molecule has 0 atom stereocenters. The van der Waals surface area contributed by atoms with Crippen LogP contribution in [0.1, 0.15) is 40.5 Å². The molecule has 0 aromatic heterocycles. The molecule has 4 nitrogen and oxygen atoms in total. The predicted octanol–water partition coefficient (Wildman–Crippen LogP) is 1.56. The molecule has 4 heteroatoms. The SMILES string of the molecule is CC(C)CCN(C)C(=O)CC(C)(C)N1CCNCC1. The van der Waals surface area contributed by atoms with E-state index in [1.54, 1.807) is 0 Å². The monoisotopic (exact) mass is 269 g/mol. The number of hydrogen-bond donors (Lipinski definition) is 1. The first-order valence-corrected chi connectivity index (χ1v) is 7.52. The molecule has 1 amide bonds. The molecule has 0 spiro atoms. The Labute approximate surface area is 118 Å². The van der Waals surface area contributed by atoms with Crippen LogP contribution in [-0.2, 0) is 4.79 Å². The van der Waals surface area contributed by atoms with Crippen LogP contribution in [0.4, 0.5) is 0 Å². The van der Waals surface area contributed by atoms with Gasteiger partial charge in [-0.05, 0) is 26.2 Å². The summed E-state index contributed by atoms with van der Waals surface area (Å²) in [7, 11) is 1.93. The first-order valence-electron chi connectivity index (χ1n) is 7.52. The van der Waals surface area contributed by atoms with E-state index in [4.69, 9.17) is 0 Å². The molecule has 1 rings (SSSR count). The molecule has 1 saturated heterocycles. The number of carbonyl (C=O) groups excluding carboxylic acids is 1. The van der Waals surface area contributed by atoms with Crippen LogP contribution in [-0.4, -0.2) is 61.0 Å². The molecule has 0 radical (unpaired) electrons. The van der Waals surface area contributed by atoms with Crippen LogP contribution in [0.15, 0.2) is 0 Å². The Bertz CT molecular complexity index is 283. The van der Waals surface area contributed by atoms with E-state index < -0.39 is 0 Å².